The van der Waals surface area contributed by atoms with Crippen LogP contribution in [0.2, 0.25) is 0 Å². The maximum atomic E-state index is 11.8. The van der Waals surface area contributed by atoms with Crippen LogP contribution in [0.15, 0.2) is 41.0 Å². The van der Waals surface area contributed by atoms with Gasteiger partial charge in [0.1, 0.15) is 0 Å². The molecule has 0 atom stereocenters. The van der Waals surface area contributed by atoms with E-state index in [2.05, 4.69) is 26.2 Å². The highest BCUT2D eigenvalue weighted by molar-refractivity contribution is 9.10. The minimum absolute atomic E-state index is 0.0306. The SMILES string of the molecule is Cc1ccc(NC(=O)Cc2ccc[nH]2)c(Br)c1. The van der Waals surface area contributed by atoms with E-state index in [0.717, 1.165) is 21.4 Å². The van der Waals surface area contributed by atoms with E-state index in [9.17, 15) is 4.79 Å². The van der Waals surface area contributed by atoms with Gasteiger partial charge >= 0.3 is 0 Å². The van der Waals surface area contributed by atoms with Crippen molar-refractivity contribution in [2.75, 3.05) is 5.32 Å². The van der Waals surface area contributed by atoms with Crippen molar-refractivity contribution in [3.8, 4) is 0 Å². The number of rotatable bonds is 3. The van der Waals surface area contributed by atoms with Crippen molar-refractivity contribution in [1.29, 1.82) is 0 Å². The predicted octanol–water partition coefficient (Wildman–Crippen LogP) is 3.27. The van der Waals surface area contributed by atoms with Gasteiger partial charge in [0.2, 0.25) is 5.91 Å². The highest BCUT2D eigenvalue weighted by atomic mass is 79.9. The Bertz CT molecular complexity index is 520. The number of aryl methyl sites for hydroxylation is 1. The molecule has 2 aromatic rings. The molecule has 1 aromatic heterocycles. The molecule has 1 amide bonds. The highest BCUT2D eigenvalue weighted by Gasteiger charge is 2.06. The lowest BCUT2D eigenvalue weighted by atomic mass is 10.2. The minimum atomic E-state index is -0.0306. The average molecular weight is 293 g/mol. The molecule has 0 fully saturated rings. The third-order valence-electron chi connectivity index (χ3n) is 2.41. The Morgan fingerprint density at radius 3 is 2.88 bits per heavy atom. The quantitative estimate of drug-likeness (QED) is 0.896. The van der Waals surface area contributed by atoms with Crippen LogP contribution in [-0.2, 0) is 11.2 Å². The number of amides is 1. The normalized spacial score (nSPS) is 10.2. The number of aromatic nitrogens is 1. The van der Waals surface area contributed by atoms with Crippen LogP contribution in [0.1, 0.15) is 11.3 Å². The van der Waals surface area contributed by atoms with Crippen LogP contribution in [0.3, 0.4) is 0 Å². The largest absolute Gasteiger partial charge is 0.365 e. The fraction of sp³-hybridized carbons (Fsp3) is 0.154. The molecule has 88 valence electrons. The van der Waals surface area contributed by atoms with Gasteiger partial charge in [-0.1, -0.05) is 6.07 Å². The molecule has 0 aliphatic rings. The summed E-state index contributed by atoms with van der Waals surface area (Å²) in [6, 6.07) is 9.61. The Labute approximate surface area is 108 Å². The number of benzene rings is 1. The summed E-state index contributed by atoms with van der Waals surface area (Å²) in [5.41, 5.74) is 2.86. The fourth-order valence-corrected chi connectivity index (χ4v) is 2.16. The first kappa shape index (κ1) is 11.9. The van der Waals surface area contributed by atoms with Crippen molar-refractivity contribution in [2.24, 2.45) is 0 Å². The van der Waals surface area contributed by atoms with Crippen molar-refractivity contribution >= 4 is 27.5 Å². The molecular weight excluding hydrogens is 280 g/mol. The zero-order chi connectivity index (χ0) is 12.3. The number of nitrogens with one attached hydrogen (secondary N) is 2. The Hall–Kier alpha value is -1.55. The number of anilines is 1. The monoisotopic (exact) mass is 292 g/mol. The first-order valence-corrected chi connectivity index (χ1v) is 6.13. The van der Waals surface area contributed by atoms with Gasteiger partial charge in [-0.15, -0.1) is 0 Å². The third kappa shape index (κ3) is 3.20. The molecule has 0 aliphatic heterocycles. The molecule has 1 heterocycles. The number of halogens is 1. The zero-order valence-electron chi connectivity index (χ0n) is 9.46. The van der Waals surface area contributed by atoms with Crippen molar-refractivity contribution in [1.82, 2.24) is 4.98 Å². The van der Waals surface area contributed by atoms with Crippen LogP contribution in [0.5, 0.6) is 0 Å². The topological polar surface area (TPSA) is 44.9 Å². The molecule has 1 aromatic carbocycles. The lowest BCUT2D eigenvalue weighted by Gasteiger charge is -2.07. The second kappa shape index (κ2) is 5.19. The predicted molar refractivity (Wildman–Crippen MR) is 72.0 cm³/mol. The number of carbonyl (C=O) groups is 1. The fourth-order valence-electron chi connectivity index (χ4n) is 1.57. The average Bonchev–Trinajstić information content (AvgIpc) is 2.75. The lowest BCUT2D eigenvalue weighted by Crippen LogP contribution is -2.14. The maximum absolute atomic E-state index is 11.8. The van der Waals surface area contributed by atoms with E-state index >= 15 is 0 Å². The highest BCUT2D eigenvalue weighted by Crippen LogP contribution is 2.23. The summed E-state index contributed by atoms with van der Waals surface area (Å²) in [5, 5.41) is 2.87. The summed E-state index contributed by atoms with van der Waals surface area (Å²) < 4.78 is 0.900. The van der Waals surface area contributed by atoms with Gasteiger partial charge in [0.15, 0.2) is 0 Å². The smallest absolute Gasteiger partial charge is 0.230 e. The van der Waals surface area contributed by atoms with Crippen LogP contribution >= 0.6 is 15.9 Å². The third-order valence-corrected chi connectivity index (χ3v) is 3.07. The minimum Gasteiger partial charge on any atom is -0.365 e. The summed E-state index contributed by atoms with van der Waals surface area (Å²) in [4.78, 5) is 14.8. The van der Waals surface area contributed by atoms with Gasteiger partial charge in [0.25, 0.3) is 0 Å². The van der Waals surface area contributed by atoms with Crippen LogP contribution in [-0.4, -0.2) is 10.9 Å². The number of hydrogen-bond acceptors (Lipinski definition) is 1. The second-order valence-electron chi connectivity index (χ2n) is 3.90. The van der Waals surface area contributed by atoms with Gasteiger partial charge in [-0.25, -0.2) is 0 Å². The van der Waals surface area contributed by atoms with Gasteiger partial charge in [-0.2, -0.15) is 0 Å². The maximum Gasteiger partial charge on any atom is 0.230 e. The molecule has 0 spiro atoms. The molecule has 0 aliphatic carbocycles. The summed E-state index contributed by atoms with van der Waals surface area (Å²) >= 11 is 3.43. The molecule has 3 nitrogen and oxygen atoms in total. The molecule has 0 saturated heterocycles. The molecule has 0 saturated carbocycles. The molecule has 0 unspecified atom stereocenters. The summed E-state index contributed by atoms with van der Waals surface area (Å²) in [6.07, 6.45) is 2.16. The van der Waals surface area contributed by atoms with Gasteiger partial charge < -0.3 is 10.3 Å². The zero-order valence-corrected chi connectivity index (χ0v) is 11.0. The van der Waals surface area contributed by atoms with Crippen molar-refractivity contribution < 1.29 is 4.79 Å². The number of carbonyl (C=O) groups excluding carboxylic acids is 1. The number of H-pyrrole nitrogens is 1. The molecule has 17 heavy (non-hydrogen) atoms. The molecule has 2 N–H and O–H groups in total. The number of hydrogen-bond donors (Lipinski definition) is 2. The summed E-state index contributed by atoms with van der Waals surface area (Å²) in [5.74, 6) is -0.0306. The standard InChI is InChI=1S/C13H13BrN2O/c1-9-4-5-12(11(14)7-9)16-13(17)8-10-3-2-6-15-10/h2-7,15H,8H2,1H3,(H,16,17). The Balaban J connectivity index is 2.03. The van der Waals surface area contributed by atoms with Crippen molar-refractivity contribution in [2.45, 2.75) is 13.3 Å². The van der Waals surface area contributed by atoms with Crippen LogP contribution < -0.4 is 5.32 Å². The van der Waals surface area contributed by atoms with Gasteiger partial charge in [-0.3, -0.25) is 4.79 Å². The Kier molecular flexibility index (Phi) is 3.64. The van der Waals surface area contributed by atoms with Crippen molar-refractivity contribution in [3.05, 3.63) is 52.3 Å². The second-order valence-corrected chi connectivity index (χ2v) is 4.76. The van der Waals surface area contributed by atoms with E-state index in [1.165, 1.54) is 0 Å². The van der Waals surface area contributed by atoms with Crippen LogP contribution in [0.4, 0.5) is 5.69 Å². The summed E-state index contributed by atoms with van der Waals surface area (Å²) in [6.45, 7) is 2.01. The number of aromatic amines is 1. The van der Waals surface area contributed by atoms with E-state index in [1.54, 1.807) is 0 Å². The molecule has 0 bridgehead atoms. The molecule has 4 heteroatoms. The molecule has 2 rings (SSSR count). The van der Waals surface area contributed by atoms with Gasteiger partial charge in [-0.05, 0) is 52.7 Å². The lowest BCUT2D eigenvalue weighted by molar-refractivity contribution is -0.115. The van der Waals surface area contributed by atoms with E-state index in [4.69, 9.17) is 0 Å². The van der Waals surface area contributed by atoms with Crippen molar-refractivity contribution in [3.63, 3.8) is 0 Å². The van der Waals surface area contributed by atoms with Crippen LogP contribution in [0.25, 0.3) is 0 Å². The van der Waals surface area contributed by atoms with Gasteiger partial charge in [0, 0.05) is 16.4 Å². The van der Waals surface area contributed by atoms with E-state index in [-0.39, 0.29) is 5.91 Å². The first-order valence-electron chi connectivity index (χ1n) is 5.33. The Morgan fingerprint density at radius 1 is 1.41 bits per heavy atom. The Morgan fingerprint density at radius 2 is 2.24 bits per heavy atom. The molecular formula is C13H13BrN2O. The van der Waals surface area contributed by atoms with Crippen LogP contribution in [0, 0.1) is 6.92 Å². The van der Waals surface area contributed by atoms with Gasteiger partial charge in [0.05, 0.1) is 12.1 Å². The van der Waals surface area contributed by atoms with E-state index < -0.39 is 0 Å². The first-order chi connectivity index (χ1) is 8.15. The molecule has 0 radical (unpaired) electrons. The van der Waals surface area contributed by atoms with E-state index in [1.807, 2.05) is 43.5 Å². The summed E-state index contributed by atoms with van der Waals surface area (Å²) in [7, 11) is 0. The van der Waals surface area contributed by atoms with E-state index in [0.29, 0.717) is 6.42 Å².